The summed E-state index contributed by atoms with van der Waals surface area (Å²) in [5.74, 6) is 0.569. The molecule has 0 aromatic heterocycles. The van der Waals surface area contributed by atoms with E-state index in [1.54, 1.807) is 0 Å². The number of carbonyl (C=O) groups is 1. The number of unbranched alkanes of at least 4 members (excludes halogenated alkanes) is 1. The van der Waals surface area contributed by atoms with Crippen LogP contribution in [0.15, 0.2) is 0 Å². The van der Waals surface area contributed by atoms with Crippen molar-refractivity contribution < 1.29 is 4.79 Å². The van der Waals surface area contributed by atoms with Crippen LogP contribution in [0.2, 0.25) is 0 Å². The Labute approximate surface area is 93.0 Å². The fourth-order valence-corrected chi connectivity index (χ4v) is 1.95. The quantitative estimate of drug-likeness (QED) is 0.727. The summed E-state index contributed by atoms with van der Waals surface area (Å²) in [6.07, 6.45) is 3.25. The molecule has 1 atom stereocenters. The maximum absolute atomic E-state index is 12.1. The van der Waals surface area contributed by atoms with Crippen LogP contribution in [0.4, 0.5) is 0 Å². The van der Waals surface area contributed by atoms with E-state index in [1.165, 1.54) is 0 Å². The number of hydrogen-bond acceptors (Lipinski definition) is 2. The van der Waals surface area contributed by atoms with Gasteiger partial charge in [0.1, 0.15) is 0 Å². The van der Waals surface area contributed by atoms with Crippen LogP contribution in [0.25, 0.3) is 0 Å². The molecule has 0 saturated heterocycles. The topological polar surface area (TPSA) is 46.3 Å². The summed E-state index contributed by atoms with van der Waals surface area (Å²) < 4.78 is 0. The van der Waals surface area contributed by atoms with Crippen molar-refractivity contribution in [3.63, 3.8) is 0 Å². The van der Waals surface area contributed by atoms with E-state index in [0.29, 0.717) is 19.0 Å². The molecule has 2 N–H and O–H groups in total. The van der Waals surface area contributed by atoms with Gasteiger partial charge in [-0.3, -0.25) is 4.79 Å². The standard InChI is InChI=1S/C12H24N2O/c1-4-5-7-14(8-6-13)11(15)10-9-12(10,2)3/h10H,4-9,13H2,1-3H3. The molecule has 1 saturated carbocycles. The lowest BCUT2D eigenvalue weighted by atomic mass is 10.1. The molecule has 0 aliphatic heterocycles. The minimum absolute atomic E-state index is 0.232. The van der Waals surface area contributed by atoms with E-state index in [9.17, 15) is 4.79 Å². The summed E-state index contributed by atoms with van der Waals surface area (Å²) in [4.78, 5) is 14.0. The van der Waals surface area contributed by atoms with Gasteiger partial charge in [-0.15, -0.1) is 0 Å². The van der Waals surface area contributed by atoms with E-state index < -0.39 is 0 Å². The molecule has 1 aliphatic rings. The third-order valence-electron chi connectivity index (χ3n) is 3.30. The number of rotatable bonds is 6. The van der Waals surface area contributed by atoms with Crippen LogP contribution in [0.1, 0.15) is 40.0 Å². The zero-order valence-corrected chi connectivity index (χ0v) is 10.3. The number of carbonyl (C=O) groups excluding carboxylic acids is 1. The Morgan fingerprint density at radius 3 is 2.47 bits per heavy atom. The van der Waals surface area contributed by atoms with Crippen molar-refractivity contribution in [3.05, 3.63) is 0 Å². The van der Waals surface area contributed by atoms with Gasteiger partial charge in [0.25, 0.3) is 0 Å². The zero-order valence-electron chi connectivity index (χ0n) is 10.3. The predicted octanol–water partition coefficient (Wildman–Crippen LogP) is 1.62. The highest BCUT2D eigenvalue weighted by Crippen LogP contribution is 2.52. The van der Waals surface area contributed by atoms with E-state index in [4.69, 9.17) is 5.73 Å². The van der Waals surface area contributed by atoms with Crippen LogP contribution in [-0.4, -0.2) is 30.4 Å². The summed E-state index contributed by atoms with van der Waals surface area (Å²) in [7, 11) is 0. The molecule has 1 unspecified atom stereocenters. The zero-order chi connectivity index (χ0) is 11.5. The van der Waals surface area contributed by atoms with Crippen LogP contribution in [-0.2, 0) is 4.79 Å². The van der Waals surface area contributed by atoms with Gasteiger partial charge in [0.2, 0.25) is 5.91 Å². The molecule has 0 spiro atoms. The van der Waals surface area contributed by atoms with Crippen molar-refractivity contribution in [1.82, 2.24) is 4.90 Å². The number of nitrogens with two attached hydrogens (primary N) is 1. The molecule has 3 heteroatoms. The molecular weight excluding hydrogens is 188 g/mol. The van der Waals surface area contributed by atoms with Crippen LogP contribution < -0.4 is 5.73 Å². The lowest BCUT2D eigenvalue weighted by Crippen LogP contribution is -2.37. The second kappa shape index (κ2) is 4.97. The fraction of sp³-hybridized carbons (Fsp3) is 0.917. The Balaban J connectivity index is 2.45. The van der Waals surface area contributed by atoms with Crippen molar-refractivity contribution in [2.24, 2.45) is 17.1 Å². The van der Waals surface area contributed by atoms with Crippen molar-refractivity contribution in [1.29, 1.82) is 0 Å². The molecule has 0 aromatic carbocycles. The fourth-order valence-electron chi connectivity index (χ4n) is 1.95. The molecular formula is C12H24N2O. The van der Waals surface area contributed by atoms with Crippen molar-refractivity contribution in [3.8, 4) is 0 Å². The summed E-state index contributed by atoms with van der Waals surface area (Å²) >= 11 is 0. The smallest absolute Gasteiger partial charge is 0.226 e. The number of hydrogen-bond donors (Lipinski definition) is 1. The molecule has 0 bridgehead atoms. The van der Waals surface area contributed by atoms with Crippen LogP contribution >= 0.6 is 0 Å². The first-order chi connectivity index (χ1) is 7.03. The van der Waals surface area contributed by atoms with Crippen molar-refractivity contribution in [2.45, 2.75) is 40.0 Å². The van der Waals surface area contributed by atoms with Crippen molar-refractivity contribution in [2.75, 3.05) is 19.6 Å². The van der Waals surface area contributed by atoms with E-state index in [1.807, 2.05) is 4.90 Å². The molecule has 1 amide bonds. The number of nitrogens with zero attached hydrogens (tertiary/aromatic N) is 1. The van der Waals surface area contributed by atoms with E-state index >= 15 is 0 Å². The average molecular weight is 212 g/mol. The molecule has 0 heterocycles. The first-order valence-electron chi connectivity index (χ1n) is 6.01. The minimum atomic E-state index is 0.232. The van der Waals surface area contributed by atoms with Gasteiger partial charge in [0.15, 0.2) is 0 Å². The molecule has 1 aliphatic carbocycles. The Morgan fingerprint density at radius 1 is 1.47 bits per heavy atom. The van der Waals surface area contributed by atoms with Gasteiger partial charge in [0, 0.05) is 25.6 Å². The lowest BCUT2D eigenvalue weighted by molar-refractivity contribution is -0.133. The van der Waals surface area contributed by atoms with Gasteiger partial charge in [-0.2, -0.15) is 0 Å². The van der Waals surface area contributed by atoms with E-state index in [-0.39, 0.29) is 11.3 Å². The molecule has 0 radical (unpaired) electrons. The van der Waals surface area contributed by atoms with Crippen LogP contribution in [0.3, 0.4) is 0 Å². The Bertz CT molecular complexity index is 226. The molecule has 1 rings (SSSR count). The highest BCUT2D eigenvalue weighted by molar-refractivity contribution is 5.82. The normalized spacial score (nSPS) is 22.5. The summed E-state index contributed by atoms with van der Waals surface area (Å²) in [6.45, 7) is 8.63. The molecule has 88 valence electrons. The third kappa shape index (κ3) is 3.20. The maximum atomic E-state index is 12.1. The largest absolute Gasteiger partial charge is 0.341 e. The summed E-state index contributed by atoms with van der Waals surface area (Å²) in [5.41, 5.74) is 5.77. The highest BCUT2D eigenvalue weighted by Gasteiger charge is 2.51. The van der Waals surface area contributed by atoms with Gasteiger partial charge in [-0.05, 0) is 18.3 Å². The molecule has 15 heavy (non-hydrogen) atoms. The second-order valence-corrected chi connectivity index (χ2v) is 5.21. The van der Waals surface area contributed by atoms with Gasteiger partial charge < -0.3 is 10.6 Å². The first kappa shape index (κ1) is 12.5. The Morgan fingerprint density at radius 2 is 2.07 bits per heavy atom. The minimum Gasteiger partial charge on any atom is -0.341 e. The Kier molecular flexibility index (Phi) is 4.14. The monoisotopic (exact) mass is 212 g/mol. The molecule has 0 aromatic rings. The van der Waals surface area contributed by atoms with Gasteiger partial charge in [0.05, 0.1) is 0 Å². The van der Waals surface area contributed by atoms with Gasteiger partial charge in [-0.1, -0.05) is 27.2 Å². The lowest BCUT2D eigenvalue weighted by Gasteiger charge is -2.22. The van der Waals surface area contributed by atoms with E-state index in [0.717, 1.165) is 25.8 Å². The predicted molar refractivity (Wildman–Crippen MR) is 62.4 cm³/mol. The maximum Gasteiger partial charge on any atom is 0.226 e. The second-order valence-electron chi connectivity index (χ2n) is 5.21. The number of amides is 1. The Hall–Kier alpha value is -0.570. The SMILES string of the molecule is CCCCN(CCN)C(=O)C1CC1(C)C. The van der Waals surface area contributed by atoms with Gasteiger partial charge in [-0.25, -0.2) is 0 Å². The third-order valence-corrected chi connectivity index (χ3v) is 3.30. The van der Waals surface area contributed by atoms with Crippen LogP contribution in [0.5, 0.6) is 0 Å². The molecule has 3 nitrogen and oxygen atoms in total. The van der Waals surface area contributed by atoms with E-state index in [2.05, 4.69) is 20.8 Å². The van der Waals surface area contributed by atoms with Gasteiger partial charge >= 0.3 is 0 Å². The molecule has 1 fully saturated rings. The van der Waals surface area contributed by atoms with Crippen LogP contribution in [0, 0.1) is 11.3 Å². The summed E-state index contributed by atoms with van der Waals surface area (Å²) in [5, 5.41) is 0. The van der Waals surface area contributed by atoms with Crippen molar-refractivity contribution >= 4 is 5.91 Å². The summed E-state index contributed by atoms with van der Waals surface area (Å²) in [6, 6.07) is 0. The average Bonchev–Trinajstić information content (AvgIpc) is 2.81. The highest BCUT2D eigenvalue weighted by atomic mass is 16.2. The first-order valence-corrected chi connectivity index (χ1v) is 6.01.